The number of sulfonamides is 1. The van der Waals surface area contributed by atoms with Crippen LogP contribution < -0.4 is 10.0 Å². The van der Waals surface area contributed by atoms with E-state index >= 15 is 0 Å². The fourth-order valence-corrected chi connectivity index (χ4v) is 3.66. The molecule has 0 radical (unpaired) electrons. The highest BCUT2D eigenvalue weighted by Gasteiger charge is 2.20. The molecule has 3 aromatic carbocycles. The summed E-state index contributed by atoms with van der Waals surface area (Å²) in [4.78, 5) is 22.4. The molecule has 2 N–H and O–H groups in total. The van der Waals surface area contributed by atoms with Crippen molar-refractivity contribution in [3.63, 3.8) is 0 Å². The van der Waals surface area contributed by atoms with Crippen LogP contribution in [0.2, 0.25) is 0 Å². The number of carbonyl (C=O) groups is 1. The fraction of sp³-hybridized carbons (Fsp3) is 0.0500. The first-order chi connectivity index (χ1) is 13.8. The zero-order valence-corrected chi connectivity index (χ0v) is 16.1. The second kappa shape index (κ2) is 8.11. The van der Waals surface area contributed by atoms with Crippen LogP contribution in [-0.2, 0) is 10.0 Å². The van der Waals surface area contributed by atoms with Crippen molar-refractivity contribution in [2.75, 3.05) is 10.0 Å². The van der Waals surface area contributed by atoms with Crippen LogP contribution in [0.5, 0.6) is 0 Å². The molecule has 0 saturated heterocycles. The second-order valence-electron chi connectivity index (χ2n) is 6.21. The van der Waals surface area contributed by atoms with Crippen molar-refractivity contribution < 1.29 is 18.1 Å². The van der Waals surface area contributed by atoms with Crippen LogP contribution in [0.3, 0.4) is 0 Å². The Balaban J connectivity index is 1.76. The number of nitrogens with zero attached hydrogens (tertiary/aromatic N) is 1. The third-order valence-electron chi connectivity index (χ3n) is 4.12. The summed E-state index contributed by atoms with van der Waals surface area (Å²) in [5, 5.41) is 13.8. The predicted molar refractivity (Wildman–Crippen MR) is 109 cm³/mol. The quantitative estimate of drug-likeness (QED) is 0.470. The Morgan fingerprint density at radius 2 is 1.59 bits per heavy atom. The normalized spacial score (nSPS) is 10.9. The molecule has 0 unspecified atom stereocenters. The molecule has 0 aliphatic heterocycles. The average molecular weight is 411 g/mol. The summed E-state index contributed by atoms with van der Waals surface area (Å²) in [5.41, 5.74) is 1.30. The maximum Gasteiger partial charge on any atom is 0.273 e. The van der Waals surface area contributed by atoms with Crippen molar-refractivity contribution in [2.45, 2.75) is 11.8 Å². The van der Waals surface area contributed by atoms with Gasteiger partial charge in [0.25, 0.3) is 21.6 Å². The Morgan fingerprint density at radius 3 is 2.21 bits per heavy atom. The van der Waals surface area contributed by atoms with Gasteiger partial charge in [0.2, 0.25) is 0 Å². The summed E-state index contributed by atoms with van der Waals surface area (Å²) in [6, 6.07) is 18.5. The van der Waals surface area contributed by atoms with Gasteiger partial charge in [0.15, 0.2) is 0 Å². The minimum Gasteiger partial charge on any atom is -0.322 e. The maximum absolute atomic E-state index is 12.5. The highest BCUT2D eigenvalue weighted by atomic mass is 32.2. The number of benzene rings is 3. The third-order valence-corrected chi connectivity index (χ3v) is 5.50. The summed E-state index contributed by atoms with van der Waals surface area (Å²) in [6.45, 7) is 1.53. The predicted octanol–water partition coefficient (Wildman–Crippen LogP) is 3.96. The highest BCUT2D eigenvalue weighted by molar-refractivity contribution is 7.92. The number of amides is 1. The van der Waals surface area contributed by atoms with Gasteiger partial charge in [0, 0.05) is 28.6 Å². The Morgan fingerprint density at radius 1 is 0.931 bits per heavy atom. The first kappa shape index (κ1) is 20.0. The minimum absolute atomic E-state index is 0.222. The van der Waals surface area contributed by atoms with Gasteiger partial charge in [-0.1, -0.05) is 24.3 Å². The van der Waals surface area contributed by atoms with Gasteiger partial charge in [0.1, 0.15) is 0 Å². The Kier molecular flexibility index (Phi) is 5.60. The van der Waals surface area contributed by atoms with Crippen LogP contribution in [0, 0.1) is 17.0 Å². The number of rotatable bonds is 6. The first-order valence-corrected chi connectivity index (χ1v) is 9.99. The molecule has 8 nitrogen and oxygen atoms in total. The van der Waals surface area contributed by atoms with E-state index in [4.69, 9.17) is 0 Å². The molecule has 0 aliphatic carbocycles. The van der Waals surface area contributed by atoms with Gasteiger partial charge in [-0.15, -0.1) is 0 Å². The summed E-state index contributed by atoms with van der Waals surface area (Å²) >= 11 is 0. The molecule has 148 valence electrons. The van der Waals surface area contributed by atoms with E-state index in [1.807, 2.05) is 6.07 Å². The van der Waals surface area contributed by atoms with Crippen molar-refractivity contribution in [1.29, 1.82) is 0 Å². The second-order valence-corrected chi connectivity index (χ2v) is 7.89. The summed E-state index contributed by atoms with van der Waals surface area (Å²) in [6.07, 6.45) is 0. The number of nitro groups is 1. The van der Waals surface area contributed by atoms with E-state index in [-0.39, 0.29) is 22.2 Å². The molecule has 0 bridgehead atoms. The van der Waals surface area contributed by atoms with Crippen molar-refractivity contribution in [3.05, 3.63) is 94.0 Å². The fourth-order valence-electron chi connectivity index (χ4n) is 2.58. The summed E-state index contributed by atoms with van der Waals surface area (Å²) in [5.74, 6) is -0.334. The minimum atomic E-state index is -4.02. The first-order valence-electron chi connectivity index (χ1n) is 8.50. The van der Waals surface area contributed by atoms with Crippen LogP contribution in [0.1, 0.15) is 15.9 Å². The topological polar surface area (TPSA) is 118 Å². The lowest BCUT2D eigenvalue weighted by Gasteiger charge is -2.10. The number of hydrogen-bond acceptors (Lipinski definition) is 5. The molecular weight excluding hydrogens is 394 g/mol. The van der Waals surface area contributed by atoms with Crippen molar-refractivity contribution in [2.24, 2.45) is 0 Å². The SMILES string of the molecule is Cc1ccc(S(=O)(=O)Nc2ccc(C(=O)Nc3ccccc3)cc2)cc1[N+](=O)[O-]. The number of anilines is 2. The van der Waals surface area contributed by atoms with Crippen molar-refractivity contribution >= 4 is 33.0 Å². The van der Waals surface area contributed by atoms with Gasteiger partial charge in [-0.2, -0.15) is 0 Å². The molecule has 1 amide bonds. The number of aryl methyl sites for hydroxylation is 1. The third kappa shape index (κ3) is 4.77. The number of nitrogens with one attached hydrogen (secondary N) is 2. The van der Waals surface area contributed by atoms with E-state index in [1.54, 1.807) is 24.3 Å². The van der Waals surface area contributed by atoms with E-state index in [0.717, 1.165) is 6.07 Å². The monoisotopic (exact) mass is 411 g/mol. The maximum atomic E-state index is 12.5. The Bertz CT molecular complexity index is 1160. The summed E-state index contributed by atoms with van der Waals surface area (Å²) < 4.78 is 27.4. The van der Waals surface area contributed by atoms with Gasteiger partial charge < -0.3 is 5.32 Å². The lowest BCUT2D eigenvalue weighted by atomic mass is 10.2. The lowest BCUT2D eigenvalue weighted by molar-refractivity contribution is -0.385. The van der Waals surface area contributed by atoms with Gasteiger partial charge in [-0.3, -0.25) is 19.6 Å². The zero-order valence-electron chi connectivity index (χ0n) is 15.3. The highest BCUT2D eigenvalue weighted by Crippen LogP contribution is 2.24. The van der Waals surface area contributed by atoms with Gasteiger partial charge in [0.05, 0.1) is 9.82 Å². The van der Waals surface area contributed by atoms with Crippen LogP contribution in [0.25, 0.3) is 0 Å². The largest absolute Gasteiger partial charge is 0.322 e. The van der Waals surface area contributed by atoms with Crippen LogP contribution >= 0.6 is 0 Å². The van der Waals surface area contributed by atoms with Gasteiger partial charge >= 0.3 is 0 Å². The van der Waals surface area contributed by atoms with E-state index in [2.05, 4.69) is 10.0 Å². The molecular formula is C20H17N3O5S. The molecule has 0 aromatic heterocycles. The molecule has 3 aromatic rings. The molecule has 0 saturated carbocycles. The van der Waals surface area contributed by atoms with E-state index in [1.165, 1.54) is 43.3 Å². The van der Waals surface area contributed by atoms with Crippen LogP contribution in [0.4, 0.5) is 17.1 Å². The molecule has 0 aliphatic rings. The van der Waals surface area contributed by atoms with Crippen LogP contribution in [-0.4, -0.2) is 19.2 Å². The molecule has 29 heavy (non-hydrogen) atoms. The molecule has 9 heteroatoms. The summed E-state index contributed by atoms with van der Waals surface area (Å²) in [7, 11) is -4.02. The van der Waals surface area contributed by atoms with Crippen molar-refractivity contribution in [3.8, 4) is 0 Å². The van der Waals surface area contributed by atoms with E-state index in [0.29, 0.717) is 16.8 Å². The Labute approximate surface area is 167 Å². The lowest BCUT2D eigenvalue weighted by Crippen LogP contribution is -2.14. The molecule has 0 fully saturated rings. The number of nitro benzene ring substituents is 1. The zero-order chi connectivity index (χ0) is 21.0. The smallest absolute Gasteiger partial charge is 0.273 e. The van der Waals surface area contributed by atoms with Gasteiger partial charge in [-0.05, 0) is 49.4 Å². The van der Waals surface area contributed by atoms with Crippen molar-refractivity contribution in [1.82, 2.24) is 0 Å². The molecule has 0 atom stereocenters. The van der Waals surface area contributed by atoms with E-state index < -0.39 is 14.9 Å². The molecule has 0 heterocycles. The number of carbonyl (C=O) groups excluding carboxylic acids is 1. The van der Waals surface area contributed by atoms with Crippen LogP contribution in [0.15, 0.2) is 77.7 Å². The van der Waals surface area contributed by atoms with Gasteiger partial charge in [-0.25, -0.2) is 8.42 Å². The molecule has 0 spiro atoms. The standard InChI is InChI=1S/C20H17N3O5S/c1-14-7-12-18(13-19(14)23(25)26)29(27,28)22-17-10-8-15(9-11-17)20(24)21-16-5-3-2-4-6-16/h2-13,22H,1H3,(H,21,24). The molecule has 3 rings (SSSR count). The number of hydrogen-bond donors (Lipinski definition) is 2. The van der Waals surface area contributed by atoms with E-state index in [9.17, 15) is 23.3 Å². The Hall–Kier alpha value is -3.72. The number of para-hydroxylation sites is 1. The average Bonchev–Trinajstić information content (AvgIpc) is 2.69.